The number of nitrogens with zero attached hydrogens (tertiary/aromatic N) is 3. The molecule has 3 aromatic rings. The maximum Gasteiger partial charge on any atom is 0.147 e. The molecule has 0 radical (unpaired) electrons. The number of aromatic nitrogens is 3. The van der Waals surface area contributed by atoms with Crippen molar-refractivity contribution >= 4 is 22.4 Å². The molecule has 0 amide bonds. The molecule has 3 aromatic heterocycles. The summed E-state index contributed by atoms with van der Waals surface area (Å²) in [7, 11) is 0. The monoisotopic (exact) mass is 297 g/mol. The van der Waals surface area contributed by atoms with E-state index in [4.69, 9.17) is 5.73 Å². The van der Waals surface area contributed by atoms with Gasteiger partial charge in [-0.15, -0.1) is 0 Å². The van der Waals surface area contributed by atoms with Crippen molar-refractivity contribution < 1.29 is 0 Å². The molecule has 3 heterocycles. The minimum Gasteiger partial charge on any atom is -0.382 e. The molecule has 0 saturated carbocycles. The summed E-state index contributed by atoms with van der Waals surface area (Å²) < 4.78 is 4.25. The highest BCUT2D eigenvalue weighted by Crippen LogP contribution is 2.37. The van der Waals surface area contributed by atoms with E-state index in [1.807, 2.05) is 30.5 Å². The third kappa shape index (κ3) is 2.85. The normalized spacial score (nSPS) is 12.0. The highest BCUT2D eigenvalue weighted by atomic mass is 32.1. The van der Waals surface area contributed by atoms with E-state index in [-0.39, 0.29) is 6.04 Å². The Hall–Kier alpha value is -2.47. The summed E-state index contributed by atoms with van der Waals surface area (Å²) >= 11 is 1.36. The van der Waals surface area contributed by atoms with E-state index in [1.165, 1.54) is 11.5 Å². The van der Waals surface area contributed by atoms with Crippen LogP contribution in [0.1, 0.15) is 18.5 Å². The van der Waals surface area contributed by atoms with E-state index in [2.05, 4.69) is 26.6 Å². The van der Waals surface area contributed by atoms with Crippen molar-refractivity contribution in [2.45, 2.75) is 13.0 Å². The average molecular weight is 297 g/mol. The zero-order valence-electron chi connectivity index (χ0n) is 11.5. The molecule has 21 heavy (non-hydrogen) atoms. The number of pyridine rings is 2. The fourth-order valence-electron chi connectivity index (χ4n) is 2.10. The lowest BCUT2D eigenvalue weighted by Gasteiger charge is -2.15. The zero-order chi connectivity index (χ0) is 14.7. The summed E-state index contributed by atoms with van der Waals surface area (Å²) in [5.74, 6) is 0.522. The first kappa shape index (κ1) is 13.5. The zero-order valence-corrected chi connectivity index (χ0v) is 12.3. The second-order valence-corrected chi connectivity index (χ2v) is 5.44. The second-order valence-electron chi connectivity index (χ2n) is 4.67. The van der Waals surface area contributed by atoms with Crippen LogP contribution in [0.5, 0.6) is 0 Å². The van der Waals surface area contributed by atoms with Crippen LogP contribution in [-0.4, -0.2) is 14.3 Å². The minimum absolute atomic E-state index is 0.119. The van der Waals surface area contributed by atoms with E-state index >= 15 is 0 Å². The van der Waals surface area contributed by atoms with Gasteiger partial charge in [0.1, 0.15) is 10.8 Å². The fourth-order valence-corrected chi connectivity index (χ4v) is 2.93. The van der Waals surface area contributed by atoms with Crippen LogP contribution in [0.15, 0.2) is 49.1 Å². The lowest BCUT2D eigenvalue weighted by Crippen LogP contribution is -2.06. The smallest absolute Gasteiger partial charge is 0.147 e. The Labute approximate surface area is 127 Å². The largest absolute Gasteiger partial charge is 0.382 e. The Kier molecular flexibility index (Phi) is 3.79. The molecule has 0 aliphatic heterocycles. The predicted molar refractivity (Wildman–Crippen MR) is 86.0 cm³/mol. The van der Waals surface area contributed by atoms with E-state index < -0.39 is 0 Å². The lowest BCUT2D eigenvalue weighted by atomic mass is 10.1. The molecule has 1 atom stereocenters. The first-order valence-electron chi connectivity index (χ1n) is 6.57. The highest BCUT2D eigenvalue weighted by Gasteiger charge is 2.16. The summed E-state index contributed by atoms with van der Waals surface area (Å²) in [5.41, 5.74) is 8.99. The Balaban J connectivity index is 1.91. The third-order valence-corrected chi connectivity index (χ3v) is 3.99. The number of anilines is 2. The third-order valence-electron chi connectivity index (χ3n) is 3.20. The van der Waals surface area contributed by atoms with Crippen LogP contribution in [0.3, 0.4) is 0 Å². The summed E-state index contributed by atoms with van der Waals surface area (Å²) in [6.07, 6.45) is 7.15. The van der Waals surface area contributed by atoms with Crippen molar-refractivity contribution in [1.29, 1.82) is 0 Å². The Bertz CT molecular complexity index is 711. The second kappa shape index (κ2) is 5.88. The van der Waals surface area contributed by atoms with Gasteiger partial charge in [0.25, 0.3) is 0 Å². The fraction of sp³-hybridized carbons (Fsp3) is 0.133. The van der Waals surface area contributed by atoms with Crippen LogP contribution in [0.2, 0.25) is 0 Å². The molecule has 0 spiro atoms. The number of nitrogens with two attached hydrogens (primary N) is 1. The van der Waals surface area contributed by atoms with Crippen LogP contribution >= 0.6 is 11.5 Å². The Morgan fingerprint density at radius 3 is 2.57 bits per heavy atom. The molecule has 6 heteroatoms. The Morgan fingerprint density at radius 1 is 1.14 bits per heavy atom. The van der Waals surface area contributed by atoms with Crippen LogP contribution in [-0.2, 0) is 0 Å². The summed E-state index contributed by atoms with van der Waals surface area (Å²) in [6, 6.07) is 7.96. The van der Waals surface area contributed by atoms with Crippen molar-refractivity contribution in [3.63, 3.8) is 0 Å². The van der Waals surface area contributed by atoms with Crippen LogP contribution in [0.4, 0.5) is 10.8 Å². The van der Waals surface area contributed by atoms with Crippen LogP contribution < -0.4 is 11.1 Å². The SMILES string of the molecule is CC(Nc1snc(N)c1-c1cccnc1)c1cccnc1. The van der Waals surface area contributed by atoms with Crippen molar-refractivity contribution in [3.8, 4) is 11.1 Å². The van der Waals surface area contributed by atoms with Gasteiger partial charge in [-0.3, -0.25) is 9.97 Å². The molecule has 5 nitrogen and oxygen atoms in total. The molecular weight excluding hydrogens is 282 g/mol. The summed E-state index contributed by atoms with van der Waals surface area (Å²) in [4.78, 5) is 8.29. The van der Waals surface area contributed by atoms with Gasteiger partial charge >= 0.3 is 0 Å². The van der Waals surface area contributed by atoms with Gasteiger partial charge in [0.2, 0.25) is 0 Å². The number of hydrogen-bond donors (Lipinski definition) is 2. The molecular formula is C15H15N5S. The molecule has 106 valence electrons. The standard InChI is InChI=1S/C15H15N5S/c1-10(11-4-2-6-17-8-11)19-15-13(14(16)20-21-15)12-5-3-7-18-9-12/h2-10,19H,1H3,(H2,16,20). The van der Waals surface area contributed by atoms with Gasteiger partial charge in [0, 0.05) is 30.4 Å². The van der Waals surface area contributed by atoms with Crippen molar-refractivity contribution in [1.82, 2.24) is 14.3 Å². The minimum atomic E-state index is 0.119. The average Bonchev–Trinajstić information content (AvgIpc) is 2.89. The van der Waals surface area contributed by atoms with Crippen molar-refractivity contribution in [3.05, 3.63) is 54.6 Å². The molecule has 0 fully saturated rings. The van der Waals surface area contributed by atoms with E-state index in [0.29, 0.717) is 5.82 Å². The van der Waals surface area contributed by atoms with E-state index in [0.717, 1.165) is 21.7 Å². The van der Waals surface area contributed by atoms with E-state index in [9.17, 15) is 0 Å². The first-order valence-corrected chi connectivity index (χ1v) is 7.35. The van der Waals surface area contributed by atoms with Gasteiger partial charge in [-0.05, 0) is 36.2 Å². The highest BCUT2D eigenvalue weighted by molar-refractivity contribution is 7.11. The van der Waals surface area contributed by atoms with Gasteiger partial charge in [-0.1, -0.05) is 12.1 Å². The van der Waals surface area contributed by atoms with Crippen LogP contribution in [0, 0.1) is 0 Å². The molecule has 0 bridgehead atoms. The number of nitrogen functional groups attached to an aromatic ring is 1. The molecule has 1 unspecified atom stereocenters. The van der Waals surface area contributed by atoms with Crippen molar-refractivity contribution in [2.75, 3.05) is 11.1 Å². The summed E-state index contributed by atoms with van der Waals surface area (Å²) in [5, 5.41) is 4.40. The van der Waals surface area contributed by atoms with Crippen molar-refractivity contribution in [2.24, 2.45) is 0 Å². The van der Waals surface area contributed by atoms with Crippen LogP contribution in [0.25, 0.3) is 11.1 Å². The first-order chi connectivity index (χ1) is 10.3. The predicted octanol–water partition coefficient (Wildman–Crippen LogP) is 3.36. The number of nitrogens with one attached hydrogen (secondary N) is 1. The molecule has 0 saturated heterocycles. The van der Waals surface area contributed by atoms with Gasteiger partial charge in [-0.25, -0.2) is 0 Å². The maximum absolute atomic E-state index is 6.01. The molecule has 0 aliphatic carbocycles. The Morgan fingerprint density at radius 2 is 1.90 bits per heavy atom. The molecule has 3 rings (SSSR count). The number of rotatable bonds is 4. The van der Waals surface area contributed by atoms with Gasteiger partial charge in [0.15, 0.2) is 0 Å². The quantitative estimate of drug-likeness (QED) is 0.772. The van der Waals surface area contributed by atoms with Gasteiger partial charge < -0.3 is 11.1 Å². The topological polar surface area (TPSA) is 76.7 Å². The summed E-state index contributed by atoms with van der Waals surface area (Å²) in [6.45, 7) is 2.08. The maximum atomic E-state index is 6.01. The van der Waals surface area contributed by atoms with Gasteiger partial charge in [0.05, 0.1) is 11.6 Å². The molecule has 3 N–H and O–H groups in total. The van der Waals surface area contributed by atoms with E-state index in [1.54, 1.807) is 18.6 Å². The van der Waals surface area contributed by atoms with Gasteiger partial charge in [-0.2, -0.15) is 4.37 Å². The number of hydrogen-bond acceptors (Lipinski definition) is 6. The molecule has 0 aliphatic rings. The lowest BCUT2D eigenvalue weighted by molar-refractivity contribution is 0.880. The molecule has 0 aromatic carbocycles.